The number of nitrogens with zero attached hydrogens (tertiary/aromatic N) is 4. The first-order valence-electron chi connectivity index (χ1n) is 11.5. The van der Waals surface area contributed by atoms with Gasteiger partial charge in [-0.05, 0) is 80.1 Å². The number of amides is 1. The van der Waals surface area contributed by atoms with Crippen molar-refractivity contribution in [1.29, 1.82) is 0 Å². The van der Waals surface area contributed by atoms with Crippen molar-refractivity contribution in [3.63, 3.8) is 0 Å². The predicted molar refractivity (Wildman–Crippen MR) is 120 cm³/mol. The molecule has 0 aliphatic heterocycles. The first-order chi connectivity index (χ1) is 14.9. The lowest BCUT2D eigenvalue weighted by Gasteiger charge is -2.59. The Morgan fingerprint density at radius 2 is 1.90 bits per heavy atom. The third-order valence-electron chi connectivity index (χ3n) is 8.35. The summed E-state index contributed by atoms with van der Waals surface area (Å²) in [7, 11) is 1.72. The predicted octanol–water partition coefficient (Wildman–Crippen LogP) is 3.30. The van der Waals surface area contributed by atoms with E-state index in [9.17, 15) is 9.59 Å². The number of rotatable bonds is 5. The smallest absolute Gasteiger partial charge is 0.272 e. The minimum absolute atomic E-state index is 0.0569. The third kappa shape index (κ3) is 2.97. The highest BCUT2D eigenvalue weighted by molar-refractivity contribution is 7.17. The van der Waals surface area contributed by atoms with Gasteiger partial charge in [0.1, 0.15) is 10.5 Å². The van der Waals surface area contributed by atoms with Gasteiger partial charge in [-0.15, -0.1) is 21.5 Å². The maximum absolute atomic E-state index is 12.9. The fourth-order valence-electron chi connectivity index (χ4n) is 7.21. The Kier molecular flexibility index (Phi) is 4.32. The largest absolute Gasteiger partial charge is 0.353 e. The number of fused-ring (bicyclic) bond motifs is 3. The average molecular weight is 440 g/mol. The van der Waals surface area contributed by atoms with E-state index in [4.69, 9.17) is 0 Å². The topological polar surface area (TPSA) is 81.3 Å². The van der Waals surface area contributed by atoms with E-state index in [1.54, 1.807) is 7.05 Å². The molecule has 3 aromatic rings. The molecular weight excluding hydrogens is 410 g/mol. The summed E-state index contributed by atoms with van der Waals surface area (Å²) < 4.78 is 4.14. The number of hydrogen-bond acceptors (Lipinski definition) is 5. The minimum Gasteiger partial charge on any atom is -0.353 e. The minimum atomic E-state index is -0.0569. The summed E-state index contributed by atoms with van der Waals surface area (Å²) in [5, 5.41) is 13.8. The van der Waals surface area contributed by atoms with Crippen molar-refractivity contribution in [1.82, 2.24) is 24.5 Å². The van der Waals surface area contributed by atoms with Gasteiger partial charge in [0.2, 0.25) is 11.7 Å². The summed E-state index contributed by atoms with van der Waals surface area (Å²) in [4.78, 5) is 25.4. The molecule has 3 aromatic heterocycles. The fraction of sp³-hybridized carbons (Fsp3) is 0.652. The van der Waals surface area contributed by atoms with Crippen LogP contribution in [0.5, 0.6) is 0 Å². The van der Waals surface area contributed by atoms with Gasteiger partial charge in [-0.25, -0.2) is 0 Å². The van der Waals surface area contributed by atoms with Crippen molar-refractivity contribution in [3.8, 4) is 0 Å². The van der Waals surface area contributed by atoms with Crippen LogP contribution in [0.4, 0.5) is 0 Å². The Morgan fingerprint density at radius 1 is 1.23 bits per heavy atom. The molecule has 4 saturated carbocycles. The Bertz CT molecular complexity index is 1200. The standard InChI is InChI=1S/C23H29N5O2S/c1-13(23-10-14-7-15(11-23)9-16(8-14)12-23)24-19(29)4-3-18-25-26-22-27(2)21(30)20-17(28(18)22)5-6-31-20/h5-6,13-16H,3-4,7-12H2,1-2H3,(H,24,29)/t13-,14?,15?,16?,23?/m1/s1. The van der Waals surface area contributed by atoms with Crippen LogP contribution in [0.2, 0.25) is 0 Å². The molecule has 3 heterocycles. The summed E-state index contributed by atoms with van der Waals surface area (Å²) in [6, 6.07) is 2.16. The van der Waals surface area contributed by atoms with Gasteiger partial charge in [0.05, 0.1) is 5.52 Å². The SMILES string of the molecule is C[C@@H](NC(=O)CCc1nnc2n(C)c(=O)c3sccc3n12)C12CC3CC(CC(C3)C1)C2. The molecule has 1 amide bonds. The first kappa shape index (κ1) is 19.5. The van der Waals surface area contributed by atoms with E-state index in [0.29, 0.717) is 28.7 Å². The molecule has 4 aliphatic carbocycles. The highest BCUT2D eigenvalue weighted by atomic mass is 32.1. The number of aryl methyl sites for hydroxylation is 2. The molecule has 0 unspecified atom stereocenters. The van der Waals surface area contributed by atoms with E-state index in [1.807, 2.05) is 15.8 Å². The lowest BCUT2D eigenvalue weighted by Crippen LogP contribution is -2.55. The molecule has 0 aromatic carbocycles. The van der Waals surface area contributed by atoms with E-state index in [0.717, 1.165) is 29.1 Å². The van der Waals surface area contributed by atoms with Crippen LogP contribution in [0.15, 0.2) is 16.2 Å². The third-order valence-corrected chi connectivity index (χ3v) is 9.25. The molecular formula is C23H29N5O2S. The Labute approximate surface area is 184 Å². The fourth-order valence-corrected chi connectivity index (χ4v) is 8.07. The Balaban J connectivity index is 1.18. The highest BCUT2D eigenvalue weighted by Gasteiger charge is 2.53. The summed E-state index contributed by atoms with van der Waals surface area (Å²) in [6.45, 7) is 2.22. The molecule has 0 spiro atoms. The van der Waals surface area contributed by atoms with Crippen molar-refractivity contribution < 1.29 is 4.79 Å². The average Bonchev–Trinajstić information content (AvgIpc) is 3.36. The second-order valence-corrected chi connectivity index (χ2v) is 11.2. The Hall–Kier alpha value is -2.22. The molecule has 4 aliphatic rings. The van der Waals surface area contributed by atoms with Crippen LogP contribution in [0, 0.1) is 23.2 Å². The molecule has 0 radical (unpaired) electrons. The second-order valence-electron chi connectivity index (χ2n) is 10.3. The molecule has 7 nitrogen and oxygen atoms in total. The van der Waals surface area contributed by atoms with Crippen molar-refractivity contribution in [2.24, 2.45) is 30.2 Å². The van der Waals surface area contributed by atoms with Gasteiger partial charge in [-0.3, -0.25) is 18.6 Å². The highest BCUT2D eigenvalue weighted by Crippen LogP contribution is 2.61. The molecule has 8 heteroatoms. The molecule has 1 atom stereocenters. The zero-order valence-corrected chi connectivity index (χ0v) is 19.0. The number of aromatic nitrogens is 4. The van der Waals surface area contributed by atoms with E-state index >= 15 is 0 Å². The number of carbonyl (C=O) groups excluding carboxylic acids is 1. The van der Waals surface area contributed by atoms with Gasteiger partial charge >= 0.3 is 0 Å². The zero-order valence-electron chi connectivity index (χ0n) is 18.1. The molecule has 4 bridgehead atoms. The zero-order chi connectivity index (χ0) is 21.3. The van der Waals surface area contributed by atoms with Gasteiger partial charge < -0.3 is 5.32 Å². The first-order valence-corrected chi connectivity index (χ1v) is 12.4. The number of nitrogens with one attached hydrogen (secondary N) is 1. The molecule has 7 rings (SSSR count). The number of carbonyl (C=O) groups is 1. The maximum Gasteiger partial charge on any atom is 0.272 e. The van der Waals surface area contributed by atoms with Gasteiger partial charge in [-0.2, -0.15) is 0 Å². The van der Waals surface area contributed by atoms with Gasteiger partial charge in [0.25, 0.3) is 5.56 Å². The molecule has 1 N–H and O–H groups in total. The van der Waals surface area contributed by atoms with Gasteiger partial charge in [0, 0.05) is 25.9 Å². The second kappa shape index (κ2) is 6.89. The van der Waals surface area contributed by atoms with Crippen LogP contribution in [-0.2, 0) is 18.3 Å². The molecule has 4 fully saturated rings. The summed E-state index contributed by atoms with van der Waals surface area (Å²) in [5.41, 5.74) is 1.08. The van der Waals surface area contributed by atoms with Crippen LogP contribution in [-0.4, -0.2) is 31.1 Å². The summed E-state index contributed by atoms with van der Waals surface area (Å²) in [5.74, 6) is 3.99. The van der Waals surface area contributed by atoms with Crippen molar-refractivity contribution in [2.75, 3.05) is 0 Å². The van der Waals surface area contributed by atoms with Crippen LogP contribution in [0.1, 0.15) is 57.7 Å². The maximum atomic E-state index is 12.9. The molecule has 31 heavy (non-hydrogen) atoms. The van der Waals surface area contributed by atoms with E-state index in [2.05, 4.69) is 22.4 Å². The number of hydrogen-bond donors (Lipinski definition) is 1. The Morgan fingerprint density at radius 3 is 2.58 bits per heavy atom. The van der Waals surface area contributed by atoms with E-state index < -0.39 is 0 Å². The summed E-state index contributed by atoms with van der Waals surface area (Å²) in [6.07, 6.45) is 9.01. The molecule has 0 saturated heterocycles. The van der Waals surface area contributed by atoms with Crippen LogP contribution in [0.3, 0.4) is 0 Å². The normalized spacial score (nSPS) is 30.3. The monoisotopic (exact) mass is 439 g/mol. The van der Waals surface area contributed by atoms with E-state index in [-0.39, 0.29) is 17.5 Å². The summed E-state index contributed by atoms with van der Waals surface area (Å²) >= 11 is 1.43. The van der Waals surface area contributed by atoms with Crippen molar-refractivity contribution >= 4 is 33.2 Å². The van der Waals surface area contributed by atoms with Crippen LogP contribution in [0.25, 0.3) is 16.0 Å². The van der Waals surface area contributed by atoms with Gasteiger partial charge in [0.15, 0.2) is 0 Å². The lowest BCUT2D eigenvalue weighted by atomic mass is 9.48. The van der Waals surface area contributed by atoms with Crippen LogP contribution >= 0.6 is 11.3 Å². The van der Waals surface area contributed by atoms with E-state index in [1.165, 1.54) is 54.4 Å². The quantitative estimate of drug-likeness (QED) is 0.661. The van der Waals surface area contributed by atoms with Crippen molar-refractivity contribution in [2.45, 2.75) is 64.3 Å². The molecule has 164 valence electrons. The van der Waals surface area contributed by atoms with Crippen LogP contribution < -0.4 is 10.9 Å². The lowest BCUT2D eigenvalue weighted by molar-refractivity contribution is -0.125. The number of thiophene rings is 1. The van der Waals surface area contributed by atoms with Crippen molar-refractivity contribution in [3.05, 3.63) is 27.6 Å². The van der Waals surface area contributed by atoms with Gasteiger partial charge in [-0.1, -0.05) is 0 Å².